The first kappa shape index (κ1) is 17.5. The van der Waals surface area contributed by atoms with Crippen LogP contribution < -0.4 is 5.32 Å². The van der Waals surface area contributed by atoms with E-state index in [1.54, 1.807) is 24.3 Å². The Bertz CT molecular complexity index is 658. The molecule has 2 rings (SSSR count). The number of nitrogens with one attached hydrogen (secondary N) is 1. The van der Waals surface area contributed by atoms with Crippen LogP contribution in [0.5, 0.6) is 0 Å². The van der Waals surface area contributed by atoms with Crippen LogP contribution in [-0.2, 0) is 6.18 Å². The summed E-state index contributed by atoms with van der Waals surface area (Å²) in [6.45, 7) is 4.76. The fraction of sp³-hybridized carbons (Fsp3) is 0.471. The number of pyridine rings is 1. The molecule has 1 N–H and O–H groups in total. The molecule has 0 aliphatic rings. The fourth-order valence-electron chi connectivity index (χ4n) is 2.70. The number of anilines is 1. The molecule has 0 amide bonds. The van der Waals surface area contributed by atoms with Crippen LogP contribution in [0.3, 0.4) is 0 Å². The highest BCUT2D eigenvalue weighted by Crippen LogP contribution is 2.33. The molecule has 0 spiro atoms. The molecule has 0 saturated heterocycles. The third-order valence-electron chi connectivity index (χ3n) is 3.94. The van der Waals surface area contributed by atoms with E-state index in [9.17, 15) is 13.2 Å². The van der Waals surface area contributed by atoms with Gasteiger partial charge in [-0.3, -0.25) is 0 Å². The number of alkyl halides is 3. The first-order valence-electron chi connectivity index (χ1n) is 7.57. The van der Waals surface area contributed by atoms with Crippen molar-refractivity contribution in [3.8, 4) is 0 Å². The fourth-order valence-corrected chi connectivity index (χ4v) is 2.70. The van der Waals surface area contributed by atoms with E-state index in [2.05, 4.69) is 29.0 Å². The van der Waals surface area contributed by atoms with Gasteiger partial charge in [0.2, 0.25) is 0 Å². The molecule has 0 bridgehead atoms. The minimum Gasteiger partial charge on any atom is -0.383 e. The Morgan fingerprint density at radius 3 is 2.39 bits per heavy atom. The first-order valence-corrected chi connectivity index (χ1v) is 7.57. The van der Waals surface area contributed by atoms with Crippen molar-refractivity contribution in [1.29, 1.82) is 0 Å². The SMILES string of the molecule is CC(C)C(CNc1cc(C(F)(F)F)nc2ccccc12)N(C)C. The van der Waals surface area contributed by atoms with Crippen LogP contribution in [0.2, 0.25) is 0 Å². The Hall–Kier alpha value is -1.82. The summed E-state index contributed by atoms with van der Waals surface area (Å²) in [6.07, 6.45) is -4.46. The number of rotatable bonds is 5. The van der Waals surface area contributed by atoms with Gasteiger partial charge in [-0.15, -0.1) is 0 Å². The van der Waals surface area contributed by atoms with E-state index >= 15 is 0 Å². The van der Waals surface area contributed by atoms with E-state index in [4.69, 9.17) is 0 Å². The Morgan fingerprint density at radius 2 is 1.83 bits per heavy atom. The number of hydrogen-bond donors (Lipinski definition) is 1. The largest absolute Gasteiger partial charge is 0.433 e. The van der Waals surface area contributed by atoms with Gasteiger partial charge >= 0.3 is 6.18 Å². The monoisotopic (exact) mass is 325 g/mol. The Kier molecular flexibility index (Phi) is 5.14. The summed E-state index contributed by atoms with van der Waals surface area (Å²) in [5, 5.41) is 3.88. The highest BCUT2D eigenvalue weighted by Gasteiger charge is 2.33. The maximum atomic E-state index is 13.1. The molecule has 3 nitrogen and oxygen atoms in total. The van der Waals surface area contributed by atoms with Crippen molar-refractivity contribution < 1.29 is 13.2 Å². The zero-order valence-electron chi connectivity index (χ0n) is 13.8. The van der Waals surface area contributed by atoms with Crippen LogP contribution in [-0.4, -0.2) is 36.6 Å². The first-order chi connectivity index (χ1) is 10.7. The second-order valence-corrected chi connectivity index (χ2v) is 6.23. The number of benzene rings is 1. The highest BCUT2D eigenvalue weighted by atomic mass is 19.4. The smallest absolute Gasteiger partial charge is 0.383 e. The summed E-state index contributed by atoms with van der Waals surface area (Å²) in [6, 6.07) is 8.18. The Morgan fingerprint density at radius 1 is 1.17 bits per heavy atom. The summed E-state index contributed by atoms with van der Waals surface area (Å²) in [5.74, 6) is 0.382. The average molecular weight is 325 g/mol. The van der Waals surface area contributed by atoms with Gasteiger partial charge in [0.15, 0.2) is 0 Å². The van der Waals surface area contributed by atoms with Gasteiger partial charge in [0.1, 0.15) is 5.69 Å². The lowest BCUT2D eigenvalue weighted by Crippen LogP contribution is -2.38. The minimum absolute atomic E-state index is 0.219. The summed E-state index contributed by atoms with van der Waals surface area (Å²) in [4.78, 5) is 5.80. The van der Waals surface area contributed by atoms with Crippen LogP contribution in [0.25, 0.3) is 10.9 Å². The Labute approximate surface area is 134 Å². The predicted molar refractivity (Wildman–Crippen MR) is 87.5 cm³/mol. The molecule has 0 saturated carbocycles. The van der Waals surface area contributed by atoms with E-state index in [1.165, 1.54) is 0 Å². The number of hydrogen-bond acceptors (Lipinski definition) is 3. The van der Waals surface area contributed by atoms with E-state index in [1.807, 2.05) is 14.1 Å². The molecule has 0 aliphatic heterocycles. The van der Waals surface area contributed by atoms with Gasteiger partial charge in [0.05, 0.1) is 5.52 Å². The second kappa shape index (κ2) is 6.74. The zero-order chi connectivity index (χ0) is 17.2. The molecule has 0 radical (unpaired) electrons. The lowest BCUT2D eigenvalue weighted by Gasteiger charge is -2.28. The van der Waals surface area contributed by atoms with Crippen LogP contribution in [0.15, 0.2) is 30.3 Å². The molecule has 0 aliphatic carbocycles. The summed E-state index contributed by atoms with van der Waals surface area (Å²) < 4.78 is 39.2. The lowest BCUT2D eigenvalue weighted by molar-refractivity contribution is -0.140. The summed E-state index contributed by atoms with van der Waals surface area (Å²) >= 11 is 0. The zero-order valence-corrected chi connectivity index (χ0v) is 13.8. The molecule has 2 aromatic rings. The quantitative estimate of drug-likeness (QED) is 0.891. The van der Waals surface area contributed by atoms with E-state index in [-0.39, 0.29) is 6.04 Å². The second-order valence-electron chi connectivity index (χ2n) is 6.23. The van der Waals surface area contributed by atoms with Crippen molar-refractivity contribution in [2.75, 3.05) is 26.0 Å². The van der Waals surface area contributed by atoms with Crippen molar-refractivity contribution in [3.63, 3.8) is 0 Å². The maximum absolute atomic E-state index is 13.1. The van der Waals surface area contributed by atoms with Crippen molar-refractivity contribution in [1.82, 2.24) is 9.88 Å². The van der Waals surface area contributed by atoms with Gasteiger partial charge in [0, 0.05) is 23.7 Å². The molecular weight excluding hydrogens is 303 g/mol. The Balaban J connectivity index is 2.38. The van der Waals surface area contributed by atoms with Crippen molar-refractivity contribution in [2.24, 2.45) is 5.92 Å². The van der Waals surface area contributed by atoms with Crippen molar-refractivity contribution in [2.45, 2.75) is 26.1 Å². The van der Waals surface area contributed by atoms with Crippen LogP contribution >= 0.6 is 0 Å². The van der Waals surface area contributed by atoms with Crippen molar-refractivity contribution >= 4 is 16.6 Å². The minimum atomic E-state index is -4.46. The number of halogens is 3. The van der Waals surface area contributed by atoms with Crippen LogP contribution in [0, 0.1) is 5.92 Å². The molecule has 126 valence electrons. The topological polar surface area (TPSA) is 28.2 Å². The van der Waals surface area contributed by atoms with E-state index < -0.39 is 11.9 Å². The standard InChI is InChI=1S/C17H22F3N3/c1-11(2)15(23(3)4)10-21-14-9-16(17(18,19)20)22-13-8-6-5-7-12(13)14/h5-9,11,15H,10H2,1-4H3,(H,21,22). The average Bonchev–Trinajstić information content (AvgIpc) is 2.45. The molecule has 0 fully saturated rings. The normalized spacial score (nSPS) is 13.8. The van der Waals surface area contributed by atoms with Gasteiger partial charge in [-0.1, -0.05) is 32.0 Å². The maximum Gasteiger partial charge on any atom is 0.433 e. The third-order valence-corrected chi connectivity index (χ3v) is 3.94. The van der Waals surface area contributed by atoms with E-state index in [0.717, 1.165) is 6.07 Å². The van der Waals surface area contributed by atoms with Gasteiger partial charge in [-0.05, 0) is 32.1 Å². The third kappa shape index (κ3) is 4.13. The van der Waals surface area contributed by atoms with Crippen LogP contribution in [0.4, 0.5) is 18.9 Å². The molecule has 23 heavy (non-hydrogen) atoms. The molecular formula is C17H22F3N3. The molecule has 1 aromatic carbocycles. The van der Waals surface area contributed by atoms with Gasteiger partial charge in [-0.25, -0.2) is 4.98 Å². The molecule has 1 heterocycles. The number of nitrogens with zero attached hydrogens (tertiary/aromatic N) is 2. The van der Waals surface area contributed by atoms with Gasteiger partial charge in [-0.2, -0.15) is 13.2 Å². The van der Waals surface area contributed by atoms with Crippen LogP contribution in [0.1, 0.15) is 19.5 Å². The van der Waals surface area contributed by atoms with E-state index in [0.29, 0.717) is 29.1 Å². The molecule has 1 atom stereocenters. The summed E-state index contributed by atoms with van der Waals surface area (Å²) in [5.41, 5.74) is -0.0594. The number of likely N-dealkylation sites (N-methyl/N-ethyl adjacent to an activating group) is 1. The number of para-hydroxylation sites is 1. The van der Waals surface area contributed by atoms with Gasteiger partial charge in [0.25, 0.3) is 0 Å². The number of aromatic nitrogens is 1. The predicted octanol–water partition coefficient (Wildman–Crippen LogP) is 4.25. The number of fused-ring (bicyclic) bond motifs is 1. The highest BCUT2D eigenvalue weighted by molar-refractivity contribution is 5.91. The van der Waals surface area contributed by atoms with Gasteiger partial charge < -0.3 is 10.2 Å². The summed E-state index contributed by atoms with van der Waals surface area (Å²) in [7, 11) is 3.94. The molecule has 1 unspecified atom stereocenters. The van der Waals surface area contributed by atoms with Crippen molar-refractivity contribution in [3.05, 3.63) is 36.0 Å². The lowest BCUT2D eigenvalue weighted by atomic mass is 10.0. The molecule has 6 heteroatoms. The molecule has 1 aromatic heterocycles.